The summed E-state index contributed by atoms with van der Waals surface area (Å²) in [6.07, 6.45) is 2.92. The molecule has 1 fully saturated rings. The highest BCUT2D eigenvalue weighted by molar-refractivity contribution is 7.89. The van der Waals surface area contributed by atoms with Crippen molar-refractivity contribution >= 4 is 15.7 Å². The van der Waals surface area contributed by atoms with E-state index in [1.807, 2.05) is 0 Å². The molecule has 2 aromatic heterocycles. The summed E-state index contributed by atoms with van der Waals surface area (Å²) in [5.41, 5.74) is 2.40. The molecule has 0 amide bonds. The Morgan fingerprint density at radius 1 is 1.21 bits per heavy atom. The second-order valence-electron chi connectivity index (χ2n) is 6.95. The van der Waals surface area contributed by atoms with Crippen LogP contribution in [0, 0.1) is 5.82 Å². The standard InChI is InChI=1S/C19H21FN4O3S/c1-2-28(26,27)23-9-7-14(8-10-23)17-11-18(25)24-19(22-17)16(12-21-24)13-3-5-15(20)6-4-13/h3-6,11-12,14,21H,2,7-10H2,1H3. The lowest BCUT2D eigenvalue weighted by atomic mass is 9.94. The quantitative estimate of drug-likeness (QED) is 0.723. The van der Waals surface area contributed by atoms with Gasteiger partial charge in [-0.15, -0.1) is 0 Å². The lowest BCUT2D eigenvalue weighted by Gasteiger charge is -2.30. The van der Waals surface area contributed by atoms with Gasteiger partial charge in [-0.3, -0.25) is 9.89 Å². The van der Waals surface area contributed by atoms with Gasteiger partial charge in [0.25, 0.3) is 5.56 Å². The summed E-state index contributed by atoms with van der Waals surface area (Å²) in [7, 11) is -3.20. The molecule has 0 bridgehead atoms. The summed E-state index contributed by atoms with van der Waals surface area (Å²) < 4.78 is 40.2. The number of aromatic amines is 1. The molecule has 0 spiro atoms. The van der Waals surface area contributed by atoms with Crippen LogP contribution < -0.4 is 5.56 Å². The predicted octanol–water partition coefficient (Wildman–Crippen LogP) is 2.36. The van der Waals surface area contributed by atoms with E-state index < -0.39 is 10.0 Å². The van der Waals surface area contributed by atoms with Gasteiger partial charge in [-0.05, 0) is 37.5 Å². The molecule has 1 aliphatic heterocycles. The molecule has 7 nitrogen and oxygen atoms in total. The number of nitrogens with zero attached hydrogens (tertiary/aromatic N) is 3. The van der Waals surface area contributed by atoms with Crippen molar-refractivity contribution < 1.29 is 12.8 Å². The third-order valence-electron chi connectivity index (χ3n) is 5.30. The predicted molar refractivity (Wildman–Crippen MR) is 104 cm³/mol. The van der Waals surface area contributed by atoms with Crippen LogP contribution in [0.1, 0.15) is 31.4 Å². The van der Waals surface area contributed by atoms with Gasteiger partial charge in [-0.25, -0.2) is 26.6 Å². The summed E-state index contributed by atoms with van der Waals surface area (Å²) in [4.78, 5) is 17.2. The first-order valence-corrected chi connectivity index (χ1v) is 10.8. The van der Waals surface area contributed by atoms with Crippen molar-refractivity contribution in [3.8, 4) is 11.1 Å². The van der Waals surface area contributed by atoms with Gasteiger partial charge in [0.2, 0.25) is 10.0 Å². The number of piperidine rings is 1. The van der Waals surface area contributed by atoms with E-state index in [0.29, 0.717) is 42.8 Å². The molecule has 1 saturated heterocycles. The Morgan fingerprint density at radius 3 is 2.54 bits per heavy atom. The Morgan fingerprint density at radius 2 is 1.89 bits per heavy atom. The molecule has 0 aliphatic carbocycles. The number of aromatic nitrogens is 3. The van der Waals surface area contributed by atoms with E-state index >= 15 is 0 Å². The number of H-pyrrole nitrogens is 1. The van der Waals surface area contributed by atoms with Crippen molar-refractivity contribution in [2.45, 2.75) is 25.7 Å². The first-order chi connectivity index (χ1) is 13.4. The van der Waals surface area contributed by atoms with Crippen LogP contribution in [0.15, 0.2) is 41.3 Å². The topological polar surface area (TPSA) is 87.5 Å². The molecule has 4 rings (SSSR count). The molecule has 148 valence electrons. The molecule has 0 atom stereocenters. The van der Waals surface area contributed by atoms with Gasteiger partial charge in [0.1, 0.15) is 5.82 Å². The summed E-state index contributed by atoms with van der Waals surface area (Å²) >= 11 is 0. The van der Waals surface area contributed by atoms with E-state index in [9.17, 15) is 17.6 Å². The molecule has 9 heteroatoms. The fourth-order valence-electron chi connectivity index (χ4n) is 3.66. The highest BCUT2D eigenvalue weighted by atomic mass is 32.2. The van der Waals surface area contributed by atoms with Gasteiger partial charge in [0.15, 0.2) is 5.65 Å². The maximum atomic E-state index is 13.2. The zero-order chi connectivity index (χ0) is 19.9. The fourth-order valence-corrected chi connectivity index (χ4v) is 4.79. The number of rotatable bonds is 4. The van der Waals surface area contributed by atoms with Crippen LogP contribution in [0.2, 0.25) is 0 Å². The average Bonchev–Trinajstić information content (AvgIpc) is 3.13. The summed E-state index contributed by atoms with van der Waals surface area (Å²) in [6.45, 7) is 2.50. The van der Waals surface area contributed by atoms with E-state index in [4.69, 9.17) is 4.98 Å². The molecule has 1 aliphatic rings. The smallest absolute Gasteiger partial charge is 0.272 e. The van der Waals surface area contributed by atoms with Crippen LogP contribution in [-0.4, -0.2) is 46.2 Å². The summed E-state index contributed by atoms with van der Waals surface area (Å²) in [6, 6.07) is 7.53. The second-order valence-corrected chi connectivity index (χ2v) is 9.20. The molecule has 0 unspecified atom stereocenters. The number of hydrogen-bond acceptors (Lipinski definition) is 4. The number of fused-ring (bicyclic) bond motifs is 1. The van der Waals surface area contributed by atoms with Gasteiger partial charge in [-0.1, -0.05) is 12.1 Å². The minimum atomic E-state index is -3.20. The summed E-state index contributed by atoms with van der Waals surface area (Å²) in [5, 5.41) is 2.89. The largest absolute Gasteiger partial charge is 0.296 e. The first kappa shape index (κ1) is 18.8. The third-order valence-corrected chi connectivity index (χ3v) is 7.18. The van der Waals surface area contributed by atoms with Crippen LogP contribution in [0.4, 0.5) is 4.39 Å². The highest BCUT2D eigenvalue weighted by Gasteiger charge is 2.28. The summed E-state index contributed by atoms with van der Waals surface area (Å²) in [5.74, 6) is -0.215. The van der Waals surface area contributed by atoms with Gasteiger partial charge in [0.05, 0.1) is 11.4 Å². The maximum Gasteiger partial charge on any atom is 0.272 e. The lowest BCUT2D eigenvalue weighted by molar-refractivity contribution is 0.317. The van der Waals surface area contributed by atoms with Crippen molar-refractivity contribution in [1.82, 2.24) is 18.9 Å². The molecule has 3 heterocycles. The molecule has 1 aromatic carbocycles. The van der Waals surface area contributed by atoms with Crippen molar-refractivity contribution in [3.63, 3.8) is 0 Å². The maximum absolute atomic E-state index is 13.2. The first-order valence-electron chi connectivity index (χ1n) is 9.24. The van der Waals surface area contributed by atoms with E-state index in [0.717, 1.165) is 5.56 Å². The fraction of sp³-hybridized carbons (Fsp3) is 0.368. The van der Waals surface area contributed by atoms with Crippen molar-refractivity contribution in [3.05, 3.63) is 58.4 Å². The Bertz CT molecular complexity index is 1160. The van der Waals surface area contributed by atoms with Gasteiger partial charge >= 0.3 is 0 Å². The van der Waals surface area contributed by atoms with E-state index in [1.54, 1.807) is 25.3 Å². The Hall–Kier alpha value is -2.52. The average molecular weight is 404 g/mol. The van der Waals surface area contributed by atoms with Gasteiger partial charge in [0, 0.05) is 36.8 Å². The van der Waals surface area contributed by atoms with Crippen LogP contribution in [0.5, 0.6) is 0 Å². The molecule has 28 heavy (non-hydrogen) atoms. The number of hydrogen-bond donors (Lipinski definition) is 1. The number of nitrogens with one attached hydrogen (secondary N) is 1. The Kier molecular flexibility index (Phi) is 4.80. The SMILES string of the molecule is CCS(=O)(=O)N1CCC(c2cc(=O)n3[nH]cc(-c4ccc(F)cc4)c3n2)CC1. The number of halogens is 1. The Labute approximate surface area is 161 Å². The van der Waals surface area contributed by atoms with Crippen molar-refractivity contribution in [1.29, 1.82) is 0 Å². The normalized spacial score (nSPS) is 16.6. The van der Waals surface area contributed by atoms with E-state index in [1.165, 1.54) is 27.0 Å². The van der Waals surface area contributed by atoms with Crippen LogP contribution in [0.25, 0.3) is 16.8 Å². The highest BCUT2D eigenvalue weighted by Crippen LogP contribution is 2.29. The minimum Gasteiger partial charge on any atom is -0.296 e. The molecular weight excluding hydrogens is 383 g/mol. The molecule has 0 radical (unpaired) electrons. The van der Waals surface area contributed by atoms with E-state index in [-0.39, 0.29) is 23.0 Å². The molecule has 3 aromatic rings. The number of benzene rings is 1. The minimum absolute atomic E-state index is 0.0250. The van der Waals surface area contributed by atoms with Gasteiger partial charge < -0.3 is 0 Å². The van der Waals surface area contributed by atoms with Crippen LogP contribution in [-0.2, 0) is 10.0 Å². The molecule has 0 saturated carbocycles. The van der Waals surface area contributed by atoms with Crippen LogP contribution >= 0.6 is 0 Å². The van der Waals surface area contributed by atoms with Crippen molar-refractivity contribution in [2.75, 3.05) is 18.8 Å². The van der Waals surface area contributed by atoms with E-state index in [2.05, 4.69) is 5.10 Å². The Balaban J connectivity index is 1.67. The molecule has 1 N–H and O–H groups in total. The second kappa shape index (κ2) is 7.14. The molecular formula is C19H21FN4O3S. The lowest BCUT2D eigenvalue weighted by Crippen LogP contribution is -2.39. The van der Waals surface area contributed by atoms with Crippen molar-refractivity contribution in [2.24, 2.45) is 0 Å². The zero-order valence-corrected chi connectivity index (χ0v) is 16.2. The van der Waals surface area contributed by atoms with Gasteiger partial charge in [-0.2, -0.15) is 0 Å². The number of sulfonamides is 1. The van der Waals surface area contributed by atoms with Crippen LogP contribution in [0.3, 0.4) is 0 Å². The monoisotopic (exact) mass is 404 g/mol. The zero-order valence-electron chi connectivity index (χ0n) is 15.4. The third kappa shape index (κ3) is 3.35.